The van der Waals surface area contributed by atoms with Crippen molar-refractivity contribution in [2.24, 2.45) is 9.98 Å². The van der Waals surface area contributed by atoms with Crippen LogP contribution in [0.25, 0.3) is 0 Å². The van der Waals surface area contributed by atoms with Gasteiger partial charge in [0.2, 0.25) is 0 Å². The summed E-state index contributed by atoms with van der Waals surface area (Å²) < 4.78 is 41.1. The van der Waals surface area contributed by atoms with Crippen molar-refractivity contribution in [2.45, 2.75) is 25.3 Å². The third kappa shape index (κ3) is 9.38. The van der Waals surface area contributed by atoms with Gasteiger partial charge in [0.15, 0.2) is 9.84 Å². The first-order chi connectivity index (χ1) is 14.5. The zero-order valence-corrected chi connectivity index (χ0v) is 18.3. The number of aliphatic imine (C=N–C) groups is 2. The van der Waals surface area contributed by atoms with E-state index in [1.807, 2.05) is 6.92 Å². The summed E-state index contributed by atoms with van der Waals surface area (Å²) >= 11 is 0. The minimum atomic E-state index is -3.57. The standard InChI is InChI=1S/C17H24N2O5S.C3H4N2.Ca.2H/c1-13-14(18-9-8-15(13)24-11-5-10-22-2)12-25(20,21)17-7-4-6-16(19-17)23-3;1-2-5-3-4-1;;;/h4,6-9,16,19H,5,10-12H2,1-3H3;1,3H,2H2;;;. The Morgan fingerprint density at radius 3 is 2.68 bits per heavy atom. The fourth-order valence-corrected chi connectivity index (χ4v) is 3.94. The fourth-order valence-electron chi connectivity index (χ4n) is 2.55. The summed E-state index contributed by atoms with van der Waals surface area (Å²) in [6, 6.07) is 1.74. The Morgan fingerprint density at radius 2 is 2.06 bits per heavy atom. The first-order valence-corrected chi connectivity index (χ1v) is 11.1. The average molecular weight is 479 g/mol. The molecule has 0 spiro atoms. The van der Waals surface area contributed by atoms with Gasteiger partial charge in [-0.1, -0.05) is 6.08 Å². The summed E-state index contributed by atoms with van der Waals surface area (Å²) in [7, 11) is -0.423. The van der Waals surface area contributed by atoms with Crippen LogP contribution in [0.4, 0.5) is 0 Å². The van der Waals surface area contributed by atoms with E-state index in [-0.39, 0.29) is 48.5 Å². The van der Waals surface area contributed by atoms with Crippen molar-refractivity contribution in [3.05, 3.63) is 46.8 Å². The number of hydrogen-bond acceptors (Lipinski definition) is 9. The van der Waals surface area contributed by atoms with Crippen molar-refractivity contribution in [2.75, 3.05) is 34.0 Å². The predicted molar refractivity (Wildman–Crippen MR) is 125 cm³/mol. The van der Waals surface area contributed by atoms with E-state index in [1.54, 1.807) is 44.1 Å². The molecule has 0 aromatic carbocycles. The number of hydrogen-bond donors (Lipinski definition) is 1. The molecule has 31 heavy (non-hydrogen) atoms. The Hall–Kier alpha value is -1.30. The Morgan fingerprint density at radius 1 is 1.26 bits per heavy atom. The number of rotatable bonds is 9. The van der Waals surface area contributed by atoms with Crippen LogP contribution in [0.1, 0.15) is 17.7 Å². The number of aromatic nitrogens is 1. The normalized spacial score (nSPS) is 16.6. The first kappa shape index (κ1) is 27.7. The van der Waals surface area contributed by atoms with Gasteiger partial charge < -0.3 is 19.5 Å². The van der Waals surface area contributed by atoms with Gasteiger partial charge in [0, 0.05) is 45.2 Å². The maximum atomic E-state index is 12.7. The van der Waals surface area contributed by atoms with Gasteiger partial charge >= 0.3 is 37.7 Å². The molecule has 0 saturated heterocycles. The van der Waals surface area contributed by atoms with Crippen LogP contribution in [0.5, 0.6) is 5.75 Å². The summed E-state index contributed by atoms with van der Waals surface area (Å²) in [4.78, 5) is 11.6. The molecular formula is C20H30CaN4O5S. The Kier molecular flexibility index (Phi) is 13.2. The monoisotopic (exact) mass is 478 g/mol. The minimum absolute atomic E-state index is 0. The molecule has 3 rings (SSSR count). The van der Waals surface area contributed by atoms with Crippen molar-refractivity contribution in [1.82, 2.24) is 10.3 Å². The molecule has 0 fully saturated rings. The molecule has 2 aliphatic heterocycles. The number of nitrogens with zero attached hydrogens (tertiary/aromatic N) is 3. The van der Waals surface area contributed by atoms with Gasteiger partial charge in [-0.2, -0.15) is 0 Å². The van der Waals surface area contributed by atoms with E-state index in [0.29, 0.717) is 24.7 Å². The molecule has 1 unspecified atom stereocenters. The average Bonchev–Trinajstić information content (AvgIpc) is 3.34. The zero-order chi connectivity index (χ0) is 21.8. The van der Waals surface area contributed by atoms with Crippen molar-refractivity contribution in [3.63, 3.8) is 0 Å². The van der Waals surface area contributed by atoms with E-state index >= 15 is 0 Å². The van der Waals surface area contributed by atoms with Crippen molar-refractivity contribution in [3.8, 4) is 5.75 Å². The van der Waals surface area contributed by atoms with Gasteiger partial charge in [-0.25, -0.2) is 13.4 Å². The summed E-state index contributed by atoms with van der Waals surface area (Å²) in [5, 5.41) is 2.96. The van der Waals surface area contributed by atoms with Crippen molar-refractivity contribution < 1.29 is 22.6 Å². The van der Waals surface area contributed by atoms with E-state index < -0.39 is 16.1 Å². The second kappa shape index (κ2) is 14.7. The number of nitrogens with one attached hydrogen (secondary N) is 1. The number of dihydropyridines is 1. The van der Waals surface area contributed by atoms with Crippen LogP contribution in [0.15, 0.2) is 45.5 Å². The fraction of sp³-hybridized carbons (Fsp3) is 0.450. The van der Waals surface area contributed by atoms with Crippen LogP contribution in [0.3, 0.4) is 0 Å². The van der Waals surface area contributed by atoms with Crippen LogP contribution in [0, 0.1) is 6.92 Å². The summed E-state index contributed by atoms with van der Waals surface area (Å²) in [5.41, 5.74) is 1.19. The molecule has 0 radical (unpaired) electrons. The molecule has 2 aliphatic rings. The van der Waals surface area contributed by atoms with Crippen LogP contribution >= 0.6 is 0 Å². The molecule has 168 valence electrons. The first-order valence-electron chi connectivity index (χ1n) is 9.44. The van der Waals surface area contributed by atoms with E-state index in [9.17, 15) is 8.42 Å². The molecule has 1 aromatic rings. The van der Waals surface area contributed by atoms with Crippen molar-refractivity contribution in [1.29, 1.82) is 0 Å². The maximum absolute atomic E-state index is 12.7. The second-order valence-corrected chi connectivity index (χ2v) is 8.32. The van der Waals surface area contributed by atoms with E-state index in [4.69, 9.17) is 14.2 Å². The Bertz CT molecular complexity index is 906. The molecule has 1 aromatic heterocycles. The summed E-state index contributed by atoms with van der Waals surface area (Å²) in [5.74, 6) is 0.425. The second-order valence-electron chi connectivity index (χ2n) is 6.36. The number of pyridine rings is 1. The molecule has 0 saturated carbocycles. The van der Waals surface area contributed by atoms with Gasteiger partial charge in [0.25, 0.3) is 0 Å². The molecular weight excluding hydrogens is 448 g/mol. The topological polar surface area (TPSA) is 111 Å². The Labute approximate surface area is 213 Å². The quantitative estimate of drug-likeness (QED) is 0.414. The van der Waals surface area contributed by atoms with Crippen molar-refractivity contribution >= 4 is 60.1 Å². The number of ether oxygens (including phenoxy) is 3. The number of methoxy groups -OCH3 is 2. The zero-order valence-electron chi connectivity index (χ0n) is 17.4. The van der Waals surface area contributed by atoms with E-state index in [0.717, 1.165) is 18.5 Å². The van der Waals surface area contributed by atoms with Gasteiger partial charge in [-0.15, -0.1) is 0 Å². The SMILES string of the molecule is C1=NC=NC1.COCCCOc1ccnc(CS(=O)(=O)C2=CC=CC(OC)N2)c1C.[CaH2]. The third-order valence-corrected chi connectivity index (χ3v) is 5.76. The van der Waals surface area contributed by atoms with E-state index in [2.05, 4.69) is 20.3 Å². The molecule has 0 bridgehead atoms. The number of allylic oxidation sites excluding steroid dienone is 2. The van der Waals surface area contributed by atoms with Crippen LogP contribution in [-0.2, 0) is 25.1 Å². The third-order valence-electron chi connectivity index (χ3n) is 4.18. The van der Waals surface area contributed by atoms with Gasteiger partial charge in [-0.05, 0) is 25.1 Å². The Balaban J connectivity index is 0.000000701. The molecule has 0 aliphatic carbocycles. The molecule has 3 heterocycles. The number of sulfone groups is 1. The molecule has 1 atom stereocenters. The van der Waals surface area contributed by atoms with Crippen LogP contribution in [0.2, 0.25) is 0 Å². The molecule has 9 nitrogen and oxygen atoms in total. The van der Waals surface area contributed by atoms with Crippen LogP contribution < -0.4 is 10.1 Å². The predicted octanol–water partition coefficient (Wildman–Crippen LogP) is 0.876. The van der Waals surface area contributed by atoms with E-state index in [1.165, 1.54) is 13.2 Å². The van der Waals surface area contributed by atoms with Crippen LogP contribution in [-0.4, -0.2) is 104 Å². The summed E-state index contributed by atoms with van der Waals surface area (Å²) in [6.07, 6.45) is 10.1. The van der Waals surface area contributed by atoms with Gasteiger partial charge in [0.05, 0.1) is 24.6 Å². The van der Waals surface area contributed by atoms with Gasteiger partial charge in [0.1, 0.15) is 23.3 Å². The summed E-state index contributed by atoms with van der Waals surface area (Å²) in [6.45, 7) is 3.70. The molecule has 1 N–H and O–H groups in total. The molecule has 11 heteroatoms. The molecule has 0 amide bonds. The van der Waals surface area contributed by atoms with Gasteiger partial charge in [-0.3, -0.25) is 9.98 Å².